The van der Waals surface area contributed by atoms with Gasteiger partial charge in [-0.3, -0.25) is 0 Å². The average Bonchev–Trinajstić information content (AvgIpc) is 2.90. The van der Waals surface area contributed by atoms with E-state index in [1.165, 1.54) is 32.1 Å². The first-order chi connectivity index (χ1) is 16.3. The zero-order chi connectivity index (χ0) is 22.5. The lowest BCUT2D eigenvalue weighted by molar-refractivity contribution is 0.462. The van der Waals surface area contributed by atoms with Gasteiger partial charge in [0.1, 0.15) is 11.6 Å². The number of rotatable bonds is 5. The second kappa shape index (κ2) is 10.0. The van der Waals surface area contributed by atoms with Crippen LogP contribution >= 0.6 is 0 Å². The number of aromatic nitrogens is 2. The number of anilines is 2. The molecule has 2 aliphatic rings. The minimum atomic E-state index is 0.500. The molecule has 3 heterocycles. The van der Waals surface area contributed by atoms with E-state index in [4.69, 9.17) is 4.98 Å². The largest absolute Gasteiger partial charge is 0.367 e. The fourth-order valence-electron chi connectivity index (χ4n) is 4.81. The number of nitrogens with zero attached hydrogens (tertiary/aromatic N) is 4. The molecule has 1 aromatic carbocycles. The highest BCUT2D eigenvalue weighted by Crippen LogP contribution is 2.34. The van der Waals surface area contributed by atoms with Crippen molar-refractivity contribution in [1.29, 1.82) is 5.26 Å². The van der Waals surface area contributed by atoms with Crippen LogP contribution in [-0.4, -0.2) is 42.2 Å². The van der Waals surface area contributed by atoms with Crippen molar-refractivity contribution < 1.29 is 0 Å². The molecule has 6 nitrogen and oxygen atoms in total. The van der Waals surface area contributed by atoms with E-state index in [2.05, 4.69) is 44.8 Å². The lowest BCUT2D eigenvalue weighted by atomic mass is 9.95. The molecular formula is C27H30N6. The Kier molecular flexibility index (Phi) is 6.50. The van der Waals surface area contributed by atoms with E-state index in [9.17, 15) is 5.26 Å². The number of hydrogen-bond donors (Lipinski definition) is 2. The Hall–Kier alpha value is -3.43. The molecule has 1 saturated carbocycles. The van der Waals surface area contributed by atoms with Gasteiger partial charge in [0.25, 0.3) is 0 Å². The van der Waals surface area contributed by atoms with Crippen LogP contribution in [-0.2, 0) is 0 Å². The molecule has 3 aromatic rings. The molecule has 6 heteroatoms. The number of benzene rings is 1. The van der Waals surface area contributed by atoms with Crippen LogP contribution in [0.2, 0.25) is 0 Å². The van der Waals surface area contributed by atoms with Gasteiger partial charge in [-0.15, -0.1) is 0 Å². The lowest BCUT2D eigenvalue weighted by Crippen LogP contribution is -2.43. The van der Waals surface area contributed by atoms with E-state index < -0.39 is 0 Å². The SMILES string of the molecule is N#Cc1ccc(-c2ccc(N3CCNCC3)nc2-c2ccnc(NC3CCCCC3)c2)cc1. The molecule has 0 spiro atoms. The van der Waals surface area contributed by atoms with Crippen molar-refractivity contribution in [2.75, 3.05) is 36.4 Å². The second-order valence-corrected chi connectivity index (χ2v) is 8.90. The van der Waals surface area contributed by atoms with E-state index in [0.29, 0.717) is 11.6 Å². The van der Waals surface area contributed by atoms with E-state index >= 15 is 0 Å². The number of piperazine rings is 1. The van der Waals surface area contributed by atoms with Crippen molar-refractivity contribution >= 4 is 11.6 Å². The first-order valence-electron chi connectivity index (χ1n) is 12.0. The normalized spacial score (nSPS) is 16.9. The molecule has 0 radical (unpaired) electrons. The molecule has 1 aliphatic heterocycles. The average molecular weight is 439 g/mol. The first kappa shape index (κ1) is 21.4. The van der Waals surface area contributed by atoms with Crippen molar-refractivity contribution in [3.8, 4) is 28.5 Å². The van der Waals surface area contributed by atoms with Crippen molar-refractivity contribution in [2.24, 2.45) is 0 Å². The third kappa shape index (κ3) is 4.99. The summed E-state index contributed by atoms with van der Waals surface area (Å²) in [6.07, 6.45) is 8.20. The van der Waals surface area contributed by atoms with Crippen LogP contribution in [0.15, 0.2) is 54.7 Å². The number of hydrogen-bond acceptors (Lipinski definition) is 6. The monoisotopic (exact) mass is 438 g/mol. The first-order valence-corrected chi connectivity index (χ1v) is 12.0. The van der Waals surface area contributed by atoms with Crippen LogP contribution in [0.1, 0.15) is 37.7 Å². The maximum Gasteiger partial charge on any atom is 0.129 e. The van der Waals surface area contributed by atoms with Gasteiger partial charge in [-0.2, -0.15) is 5.26 Å². The molecule has 33 heavy (non-hydrogen) atoms. The highest BCUT2D eigenvalue weighted by molar-refractivity contribution is 5.83. The molecule has 0 amide bonds. The summed E-state index contributed by atoms with van der Waals surface area (Å²) in [6, 6.07) is 18.9. The molecule has 168 valence electrons. The molecule has 0 bridgehead atoms. The van der Waals surface area contributed by atoms with Gasteiger partial charge in [0, 0.05) is 49.5 Å². The Morgan fingerprint density at radius 1 is 0.939 bits per heavy atom. The maximum atomic E-state index is 9.19. The smallest absolute Gasteiger partial charge is 0.129 e. The Morgan fingerprint density at radius 3 is 2.48 bits per heavy atom. The van der Waals surface area contributed by atoms with E-state index in [1.807, 2.05) is 36.5 Å². The predicted molar refractivity (Wildman–Crippen MR) is 133 cm³/mol. The second-order valence-electron chi connectivity index (χ2n) is 8.90. The van der Waals surface area contributed by atoms with Gasteiger partial charge in [-0.05, 0) is 54.8 Å². The van der Waals surface area contributed by atoms with Crippen molar-refractivity contribution in [3.05, 3.63) is 60.3 Å². The summed E-state index contributed by atoms with van der Waals surface area (Å²) in [5.41, 5.74) is 4.79. The van der Waals surface area contributed by atoms with Crippen LogP contribution in [0.3, 0.4) is 0 Å². The topological polar surface area (TPSA) is 76.9 Å². The van der Waals surface area contributed by atoms with Crippen molar-refractivity contribution in [3.63, 3.8) is 0 Å². The summed E-state index contributed by atoms with van der Waals surface area (Å²) in [5, 5.41) is 16.3. The minimum absolute atomic E-state index is 0.500. The standard InChI is InChI=1S/C27H30N6/c28-19-20-6-8-21(9-7-20)24-10-11-26(33-16-14-29-15-17-33)32-27(24)22-12-13-30-25(18-22)31-23-4-2-1-3-5-23/h6-13,18,23,29H,1-5,14-17H2,(H,30,31). The summed E-state index contributed by atoms with van der Waals surface area (Å²) in [7, 11) is 0. The highest BCUT2D eigenvalue weighted by Gasteiger charge is 2.18. The summed E-state index contributed by atoms with van der Waals surface area (Å²) >= 11 is 0. The van der Waals surface area contributed by atoms with Crippen molar-refractivity contribution in [1.82, 2.24) is 15.3 Å². The predicted octanol–water partition coefficient (Wildman–Crippen LogP) is 4.84. The summed E-state index contributed by atoms with van der Waals surface area (Å²) < 4.78 is 0. The molecule has 0 unspecified atom stereocenters. The summed E-state index contributed by atoms with van der Waals surface area (Å²) in [5.74, 6) is 1.92. The molecule has 2 N–H and O–H groups in total. The van der Waals surface area contributed by atoms with Gasteiger partial charge in [-0.1, -0.05) is 31.4 Å². The summed E-state index contributed by atoms with van der Waals surface area (Å²) in [6.45, 7) is 3.85. The van der Waals surface area contributed by atoms with Gasteiger partial charge < -0.3 is 15.5 Å². The number of nitriles is 1. The van der Waals surface area contributed by atoms with E-state index in [0.717, 1.165) is 60.2 Å². The summed E-state index contributed by atoms with van der Waals surface area (Å²) in [4.78, 5) is 12.1. The zero-order valence-corrected chi connectivity index (χ0v) is 18.9. The van der Waals surface area contributed by atoms with Gasteiger partial charge in [0.15, 0.2) is 0 Å². The van der Waals surface area contributed by atoms with Gasteiger partial charge in [0.2, 0.25) is 0 Å². The Morgan fingerprint density at radius 2 is 1.73 bits per heavy atom. The van der Waals surface area contributed by atoms with Gasteiger partial charge in [-0.25, -0.2) is 9.97 Å². The van der Waals surface area contributed by atoms with Crippen LogP contribution in [0.25, 0.3) is 22.4 Å². The van der Waals surface area contributed by atoms with Crippen LogP contribution in [0, 0.1) is 11.3 Å². The van der Waals surface area contributed by atoms with Crippen molar-refractivity contribution in [2.45, 2.75) is 38.1 Å². The third-order valence-electron chi connectivity index (χ3n) is 6.64. The molecule has 2 fully saturated rings. The number of pyridine rings is 2. The molecule has 2 aromatic heterocycles. The fourth-order valence-corrected chi connectivity index (χ4v) is 4.81. The van der Waals surface area contributed by atoms with E-state index in [1.54, 1.807) is 0 Å². The zero-order valence-electron chi connectivity index (χ0n) is 18.9. The van der Waals surface area contributed by atoms with Crippen LogP contribution in [0.4, 0.5) is 11.6 Å². The highest BCUT2D eigenvalue weighted by atomic mass is 15.2. The van der Waals surface area contributed by atoms with Crippen LogP contribution in [0.5, 0.6) is 0 Å². The molecule has 0 atom stereocenters. The number of nitrogens with one attached hydrogen (secondary N) is 2. The van der Waals surface area contributed by atoms with Crippen LogP contribution < -0.4 is 15.5 Å². The molecule has 5 rings (SSSR count). The lowest BCUT2D eigenvalue weighted by Gasteiger charge is -2.29. The Balaban J connectivity index is 1.53. The molecule has 1 saturated heterocycles. The minimum Gasteiger partial charge on any atom is -0.367 e. The quantitative estimate of drug-likeness (QED) is 0.594. The Labute approximate surface area is 195 Å². The Bertz CT molecular complexity index is 1120. The van der Waals surface area contributed by atoms with Gasteiger partial charge in [0.05, 0.1) is 17.3 Å². The van der Waals surface area contributed by atoms with E-state index in [-0.39, 0.29) is 0 Å². The third-order valence-corrected chi connectivity index (χ3v) is 6.64. The fraction of sp³-hybridized carbons (Fsp3) is 0.370. The maximum absolute atomic E-state index is 9.19. The molecule has 1 aliphatic carbocycles. The van der Waals surface area contributed by atoms with Gasteiger partial charge >= 0.3 is 0 Å². The molecular weight excluding hydrogens is 408 g/mol.